The summed E-state index contributed by atoms with van der Waals surface area (Å²) in [5, 5.41) is 10.3. The topological polar surface area (TPSA) is 62.9 Å². The Morgan fingerprint density at radius 1 is 1.30 bits per heavy atom. The van der Waals surface area contributed by atoms with Crippen LogP contribution in [-0.2, 0) is 4.74 Å². The van der Waals surface area contributed by atoms with E-state index in [1.807, 2.05) is 39.8 Å². The molecule has 0 radical (unpaired) electrons. The van der Waals surface area contributed by atoms with Crippen LogP contribution in [0.5, 0.6) is 0 Å². The number of morpholine rings is 1. The fraction of sp³-hybridized carbons (Fsp3) is 0.500. The van der Waals surface area contributed by atoms with Gasteiger partial charge in [-0.05, 0) is 38.8 Å². The number of amides is 1. The first-order valence-corrected chi connectivity index (χ1v) is 7.96. The number of ether oxygens (including phenoxy) is 1. The van der Waals surface area contributed by atoms with E-state index in [4.69, 9.17) is 9.15 Å². The highest BCUT2D eigenvalue weighted by Crippen LogP contribution is 2.32. The molecule has 1 aliphatic heterocycles. The van der Waals surface area contributed by atoms with Crippen LogP contribution in [0, 0.1) is 20.8 Å². The lowest BCUT2D eigenvalue weighted by Crippen LogP contribution is -2.52. The molecule has 0 bridgehead atoms. The van der Waals surface area contributed by atoms with E-state index >= 15 is 0 Å². The number of fused-ring (bicyclic) bond motifs is 1. The Kier molecular flexibility index (Phi) is 4.17. The molecule has 2 aromatic rings. The maximum absolute atomic E-state index is 13.0. The molecule has 23 heavy (non-hydrogen) atoms. The summed E-state index contributed by atoms with van der Waals surface area (Å²) in [6.45, 7) is 8.60. The average Bonchev–Trinajstić information content (AvgIpc) is 2.90. The molecule has 1 N–H and O–H groups in total. The highest BCUT2D eigenvalue weighted by atomic mass is 16.5. The van der Waals surface area contributed by atoms with E-state index in [0.717, 1.165) is 27.7 Å². The molecule has 2 unspecified atom stereocenters. The first-order valence-electron chi connectivity index (χ1n) is 7.96. The van der Waals surface area contributed by atoms with E-state index in [1.165, 1.54) is 0 Å². The van der Waals surface area contributed by atoms with E-state index in [1.54, 1.807) is 4.90 Å². The SMILES string of the molecule is Cc1ccc(C)c2c(C)c(C(=O)N3CC(CO)OCC3C)oc12. The molecule has 2 heterocycles. The molecule has 3 rings (SSSR count). The van der Waals surface area contributed by atoms with Gasteiger partial charge in [-0.1, -0.05) is 12.1 Å². The molecule has 124 valence electrons. The summed E-state index contributed by atoms with van der Waals surface area (Å²) in [5.41, 5.74) is 3.79. The summed E-state index contributed by atoms with van der Waals surface area (Å²) in [4.78, 5) is 14.7. The van der Waals surface area contributed by atoms with Crippen LogP contribution in [0.4, 0.5) is 0 Å². The Morgan fingerprint density at radius 3 is 2.65 bits per heavy atom. The smallest absolute Gasteiger partial charge is 0.290 e. The summed E-state index contributed by atoms with van der Waals surface area (Å²) in [7, 11) is 0. The van der Waals surface area contributed by atoms with Crippen molar-refractivity contribution in [1.29, 1.82) is 0 Å². The summed E-state index contributed by atoms with van der Waals surface area (Å²) in [6.07, 6.45) is -0.330. The van der Waals surface area contributed by atoms with E-state index < -0.39 is 0 Å². The lowest BCUT2D eigenvalue weighted by molar-refractivity contribution is -0.0673. The van der Waals surface area contributed by atoms with Crippen molar-refractivity contribution in [2.24, 2.45) is 0 Å². The highest BCUT2D eigenvalue weighted by molar-refractivity contribution is 6.00. The van der Waals surface area contributed by atoms with Gasteiger partial charge in [0.15, 0.2) is 5.76 Å². The Balaban J connectivity index is 2.02. The van der Waals surface area contributed by atoms with Crippen molar-refractivity contribution in [3.8, 4) is 0 Å². The van der Waals surface area contributed by atoms with Gasteiger partial charge in [0, 0.05) is 17.5 Å². The number of aliphatic hydroxyl groups excluding tert-OH is 1. The van der Waals surface area contributed by atoms with Crippen molar-refractivity contribution in [3.05, 3.63) is 34.6 Å². The number of aryl methyl sites for hydroxylation is 3. The van der Waals surface area contributed by atoms with Crippen LogP contribution in [-0.4, -0.2) is 47.8 Å². The van der Waals surface area contributed by atoms with Crippen molar-refractivity contribution in [1.82, 2.24) is 4.90 Å². The molecule has 1 fully saturated rings. The predicted molar refractivity (Wildman–Crippen MR) is 87.7 cm³/mol. The monoisotopic (exact) mass is 317 g/mol. The zero-order valence-corrected chi connectivity index (χ0v) is 14.0. The third kappa shape index (κ3) is 2.64. The van der Waals surface area contributed by atoms with E-state index in [0.29, 0.717) is 18.9 Å². The van der Waals surface area contributed by atoms with Crippen molar-refractivity contribution in [3.63, 3.8) is 0 Å². The number of hydrogen-bond donors (Lipinski definition) is 1. The van der Waals surface area contributed by atoms with Gasteiger partial charge in [0.1, 0.15) is 5.58 Å². The van der Waals surface area contributed by atoms with Gasteiger partial charge in [0.2, 0.25) is 0 Å². The van der Waals surface area contributed by atoms with Gasteiger partial charge in [-0.3, -0.25) is 4.79 Å². The number of aliphatic hydroxyl groups is 1. The van der Waals surface area contributed by atoms with Gasteiger partial charge in [-0.25, -0.2) is 0 Å². The number of carbonyl (C=O) groups excluding carboxylic acids is 1. The fourth-order valence-corrected chi connectivity index (χ4v) is 3.22. The average molecular weight is 317 g/mol. The molecule has 1 aromatic heterocycles. The van der Waals surface area contributed by atoms with Crippen molar-refractivity contribution in [2.45, 2.75) is 39.8 Å². The maximum atomic E-state index is 13.0. The number of furan rings is 1. The van der Waals surface area contributed by atoms with Gasteiger partial charge in [-0.15, -0.1) is 0 Å². The molecule has 1 aliphatic rings. The molecule has 0 aliphatic carbocycles. The molecule has 1 saturated heterocycles. The van der Waals surface area contributed by atoms with Crippen molar-refractivity contribution < 1.29 is 19.1 Å². The minimum atomic E-state index is -0.330. The van der Waals surface area contributed by atoms with Crippen LogP contribution >= 0.6 is 0 Å². The molecular weight excluding hydrogens is 294 g/mol. The third-order valence-electron chi connectivity index (χ3n) is 4.65. The first kappa shape index (κ1) is 16.0. The summed E-state index contributed by atoms with van der Waals surface area (Å²) < 4.78 is 11.5. The maximum Gasteiger partial charge on any atom is 0.290 e. The van der Waals surface area contributed by atoms with Gasteiger partial charge in [-0.2, -0.15) is 0 Å². The van der Waals surface area contributed by atoms with Crippen LogP contribution < -0.4 is 0 Å². The Hall–Kier alpha value is -1.85. The van der Waals surface area contributed by atoms with E-state index in [-0.39, 0.29) is 24.7 Å². The minimum absolute atomic E-state index is 0.0416. The largest absolute Gasteiger partial charge is 0.450 e. The quantitative estimate of drug-likeness (QED) is 0.925. The normalized spacial score (nSPS) is 21.9. The summed E-state index contributed by atoms with van der Waals surface area (Å²) in [6, 6.07) is 4.02. The standard InChI is InChI=1S/C18H23NO4/c1-10-5-6-11(2)16-15(10)13(4)17(23-16)18(21)19-7-14(8-20)22-9-12(19)3/h5-6,12,14,20H,7-9H2,1-4H3. The Labute approximate surface area is 135 Å². The second kappa shape index (κ2) is 5.98. The van der Waals surface area contributed by atoms with Gasteiger partial charge >= 0.3 is 0 Å². The molecule has 0 spiro atoms. The van der Waals surface area contributed by atoms with Crippen LogP contribution in [0.2, 0.25) is 0 Å². The zero-order valence-electron chi connectivity index (χ0n) is 14.0. The number of hydrogen-bond acceptors (Lipinski definition) is 4. The molecule has 0 saturated carbocycles. The van der Waals surface area contributed by atoms with Gasteiger partial charge in [0.05, 0.1) is 25.4 Å². The lowest BCUT2D eigenvalue weighted by Gasteiger charge is -2.37. The first-order chi connectivity index (χ1) is 10.9. The van der Waals surface area contributed by atoms with Crippen molar-refractivity contribution >= 4 is 16.9 Å². The number of nitrogens with zero attached hydrogens (tertiary/aromatic N) is 1. The molecule has 1 amide bonds. The number of rotatable bonds is 2. The molecule has 2 atom stereocenters. The second-order valence-electron chi connectivity index (χ2n) is 6.40. The number of carbonyl (C=O) groups is 1. The Bertz CT molecular complexity index is 749. The van der Waals surface area contributed by atoms with Crippen LogP contribution in [0.25, 0.3) is 11.0 Å². The third-order valence-corrected chi connectivity index (χ3v) is 4.65. The van der Waals surface area contributed by atoms with Gasteiger partial charge < -0.3 is 19.2 Å². The van der Waals surface area contributed by atoms with E-state index in [9.17, 15) is 9.90 Å². The summed E-state index contributed by atoms with van der Waals surface area (Å²) >= 11 is 0. The van der Waals surface area contributed by atoms with E-state index in [2.05, 4.69) is 0 Å². The predicted octanol–water partition coefficient (Wildman–Crippen LogP) is 2.58. The minimum Gasteiger partial charge on any atom is -0.450 e. The molecule has 5 nitrogen and oxygen atoms in total. The lowest BCUT2D eigenvalue weighted by atomic mass is 10.0. The van der Waals surface area contributed by atoms with Crippen molar-refractivity contribution in [2.75, 3.05) is 19.8 Å². The highest BCUT2D eigenvalue weighted by Gasteiger charge is 2.33. The second-order valence-corrected chi connectivity index (χ2v) is 6.40. The van der Waals surface area contributed by atoms with Gasteiger partial charge in [0.25, 0.3) is 5.91 Å². The van der Waals surface area contributed by atoms with Crippen LogP contribution in [0.15, 0.2) is 16.5 Å². The zero-order chi connectivity index (χ0) is 16.7. The van der Waals surface area contributed by atoms with Crippen LogP contribution in [0.1, 0.15) is 34.2 Å². The molecule has 5 heteroatoms. The summed E-state index contributed by atoms with van der Waals surface area (Å²) in [5.74, 6) is 0.259. The fourth-order valence-electron chi connectivity index (χ4n) is 3.22. The molecule has 1 aromatic carbocycles. The van der Waals surface area contributed by atoms with Crippen LogP contribution in [0.3, 0.4) is 0 Å². The Morgan fingerprint density at radius 2 is 2.00 bits per heavy atom. The number of benzene rings is 1. The molecular formula is C18H23NO4.